The topological polar surface area (TPSA) is 85.2 Å². The average Bonchev–Trinajstić information content (AvgIpc) is 3.00. The van der Waals surface area contributed by atoms with E-state index in [4.69, 9.17) is 4.52 Å². The van der Waals surface area contributed by atoms with Gasteiger partial charge in [-0.05, 0) is 58.7 Å². The summed E-state index contributed by atoms with van der Waals surface area (Å²) in [6, 6.07) is 38.8. The number of nitrogens with zero attached hydrogens (tertiary/aromatic N) is 2. The van der Waals surface area contributed by atoms with E-state index in [2.05, 4.69) is 9.98 Å². The van der Waals surface area contributed by atoms with Gasteiger partial charge in [0, 0.05) is 5.56 Å². The molecular weight excluding hydrogens is 519 g/mol. The van der Waals surface area contributed by atoms with E-state index in [9.17, 15) is 9.59 Å². The number of hydrogen-bond donors (Lipinski definition) is 0. The minimum atomic E-state index is -3.92. The number of para-hydroxylation sites is 1. The van der Waals surface area contributed by atoms with Gasteiger partial charge in [-0.2, -0.15) is 9.98 Å². The summed E-state index contributed by atoms with van der Waals surface area (Å²) in [7, 11) is -3.92. The van der Waals surface area contributed by atoms with Gasteiger partial charge in [0.1, 0.15) is 10.9 Å². The van der Waals surface area contributed by atoms with Gasteiger partial charge in [0.15, 0.2) is 0 Å². The van der Waals surface area contributed by atoms with Crippen LogP contribution in [0.5, 0.6) is 5.75 Å². The minimum Gasteiger partial charge on any atom is -0.438 e. The zero-order chi connectivity index (χ0) is 27.6. The van der Waals surface area contributed by atoms with E-state index >= 15 is 4.57 Å². The first-order valence-electron chi connectivity index (χ1n) is 12.5. The lowest BCUT2D eigenvalue weighted by Crippen LogP contribution is -2.37. The van der Waals surface area contributed by atoms with Crippen LogP contribution in [0.15, 0.2) is 137 Å². The molecule has 1 aliphatic rings. The van der Waals surface area contributed by atoms with Crippen LogP contribution in [0.25, 0.3) is 11.1 Å². The summed E-state index contributed by atoms with van der Waals surface area (Å²) in [5.41, 5.74) is 4.62. The Bertz CT molecular complexity index is 1790. The summed E-state index contributed by atoms with van der Waals surface area (Å²) in [4.78, 5) is 29.4. The van der Waals surface area contributed by atoms with E-state index in [-0.39, 0.29) is 0 Å². The average molecular weight is 541 g/mol. The van der Waals surface area contributed by atoms with Gasteiger partial charge in [-0.3, -0.25) is 4.57 Å². The van der Waals surface area contributed by atoms with Crippen LogP contribution in [0.4, 0.5) is 11.4 Å². The fraction of sp³-hybridized carbons (Fsp3) is 0.0303. The van der Waals surface area contributed by atoms with Crippen molar-refractivity contribution in [3.63, 3.8) is 0 Å². The molecule has 6 rings (SSSR count). The maximum absolute atomic E-state index is 16.1. The fourth-order valence-corrected chi connectivity index (χ4v) is 8.81. The molecule has 5 aromatic carbocycles. The van der Waals surface area contributed by atoms with Crippen LogP contribution in [0.3, 0.4) is 0 Å². The van der Waals surface area contributed by atoms with E-state index in [1.165, 1.54) is 0 Å². The molecule has 7 heteroatoms. The molecule has 1 heterocycles. The Labute approximate surface area is 230 Å². The molecule has 0 saturated heterocycles. The van der Waals surface area contributed by atoms with Gasteiger partial charge in [-0.25, -0.2) is 9.59 Å². The third kappa shape index (κ3) is 3.88. The second kappa shape index (κ2) is 10.2. The minimum absolute atomic E-state index is 0.421. The van der Waals surface area contributed by atoms with E-state index in [0.29, 0.717) is 33.6 Å². The van der Waals surface area contributed by atoms with Gasteiger partial charge in [-0.15, -0.1) is 0 Å². The van der Waals surface area contributed by atoms with Gasteiger partial charge in [-0.1, -0.05) is 91.0 Å². The van der Waals surface area contributed by atoms with Crippen LogP contribution in [-0.4, -0.2) is 12.2 Å². The van der Waals surface area contributed by atoms with Crippen molar-refractivity contribution in [3.8, 4) is 16.9 Å². The molecule has 1 aliphatic heterocycles. The highest BCUT2D eigenvalue weighted by atomic mass is 31.2. The third-order valence-corrected chi connectivity index (χ3v) is 10.3. The van der Waals surface area contributed by atoms with Crippen LogP contribution in [-0.2, 0) is 19.3 Å². The number of rotatable bonds is 6. The first kappa shape index (κ1) is 25.2. The molecule has 1 atom stereocenters. The van der Waals surface area contributed by atoms with Gasteiger partial charge < -0.3 is 4.52 Å². The van der Waals surface area contributed by atoms with Gasteiger partial charge >= 0.3 is 0 Å². The Morgan fingerprint density at radius 3 is 1.60 bits per heavy atom. The molecule has 40 heavy (non-hydrogen) atoms. The van der Waals surface area contributed by atoms with E-state index in [1.807, 2.05) is 103 Å². The molecule has 0 aliphatic carbocycles. The fourth-order valence-electron chi connectivity index (χ4n) is 5.51. The Kier molecular flexibility index (Phi) is 6.43. The first-order chi connectivity index (χ1) is 19.6. The van der Waals surface area contributed by atoms with Crippen molar-refractivity contribution in [1.82, 2.24) is 0 Å². The second-order valence-electron chi connectivity index (χ2n) is 9.23. The van der Waals surface area contributed by atoms with Crippen molar-refractivity contribution in [2.45, 2.75) is 5.16 Å². The second-order valence-corrected chi connectivity index (χ2v) is 11.7. The summed E-state index contributed by atoms with van der Waals surface area (Å²) in [5.74, 6) is 0.522. The molecule has 0 spiro atoms. The Morgan fingerprint density at radius 1 is 0.550 bits per heavy atom. The highest BCUT2D eigenvalue weighted by Gasteiger charge is 2.57. The van der Waals surface area contributed by atoms with Gasteiger partial charge in [0.2, 0.25) is 12.2 Å². The van der Waals surface area contributed by atoms with E-state index < -0.39 is 12.5 Å². The number of aliphatic imine (C=N–C) groups is 2. The number of carbonyl (C=O) groups excluding carboxylic acids is 2. The van der Waals surface area contributed by atoms with Crippen LogP contribution in [0.2, 0.25) is 0 Å². The van der Waals surface area contributed by atoms with Crippen molar-refractivity contribution in [3.05, 3.63) is 144 Å². The third-order valence-electron chi connectivity index (χ3n) is 7.18. The number of hydrogen-bond acceptors (Lipinski definition) is 6. The van der Waals surface area contributed by atoms with Crippen molar-refractivity contribution in [1.29, 1.82) is 0 Å². The quantitative estimate of drug-likeness (QED) is 0.0962. The highest BCUT2D eigenvalue weighted by molar-refractivity contribution is 7.69. The lowest BCUT2D eigenvalue weighted by molar-refractivity contribution is 0.469. The SMILES string of the molecule is O=C=Nc1ccc(C(c2ccccc2)(c2ccc(N=C=O)cc2)P2(=O)Oc3ccccc3-c3ccccc32)cc1. The molecule has 0 fully saturated rings. The molecule has 6 nitrogen and oxygen atoms in total. The lowest BCUT2D eigenvalue weighted by atomic mass is 9.83. The van der Waals surface area contributed by atoms with Crippen molar-refractivity contribution in [2.24, 2.45) is 9.98 Å². The van der Waals surface area contributed by atoms with Crippen molar-refractivity contribution >= 4 is 36.2 Å². The predicted octanol–water partition coefficient (Wildman–Crippen LogP) is 7.58. The molecule has 0 radical (unpaired) electrons. The first-order valence-corrected chi connectivity index (χ1v) is 14.2. The summed E-state index contributed by atoms with van der Waals surface area (Å²) < 4.78 is 22.8. The number of benzene rings is 5. The van der Waals surface area contributed by atoms with Crippen LogP contribution >= 0.6 is 7.37 Å². The van der Waals surface area contributed by atoms with E-state index in [1.54, 1.807) is 36.4 Å². The molecule has 5 aromatic rings. The van der Waals surface area contributed by atoms with Crippen LogP contribution in [0, 0.1) is 0 Å². The normalized spacial score (nSPS) is 16.6. The van der Waals surface area contributed by atoms with Crippen molar-refractivity contribution < 1.29 is 18.7 Å². The molecule has 0 saturated carbocycles. The molecule has 0 aromatic heterocycles. The summed E-state index contributed by atoms with van der Waals surface area (Å²) in [6.07, 6.45) is 3.14. The standard InChI is InChI=1S/C33H21N2O4P/c36-22-34-27-18-14-25(15-19-27)33(24-8-2-1-3-9-24,26-16-20-28(21-17-26)35-23-37)40(38)32-13-7-5-11-30(32)29-10-4-6-12-31(29)39-40/h1-21H. The number of isocyanates is 2. The summed E-state index contributed by atoms with van der Waals surface area (Å²) >= 11 is 0. The van der Waals surface area contributed by atoms with Crippen LogP contribution in [0.1, 0.15) is 16.7 Å². The molecule has 0 bridgehead atoms. The maximum atomic E-state index is 16.1. The molecule has 0 amide bonds. The van der Waals surface area contributed by atoms with Crippen molar-refractivity contribution in [2.75, 3.05) is 0 Å². The Morgan fingerprint density at radius 2 is 1.02 bits per heavy atom. The molecule has 192 valence electrons. The zero-order valence-corrected chi connectivity index (χ0v) is 22.0. The lowest BCUT2D eigenvalue weighted by Gasteiger charge is -2.44. The number of fused-ring (bicyclic) bond motifs is 3. The molecule has 0 N–H and O–H groups in total. The summed E-state index contributed by atoms with van der Waals surface area (Å²) in [5, 5.41) is -0.757. The predicted molar refractivity (Wildman–Crippen MR) is 155 cm³/mol. The Hall–Kier alpha value is -5.11. The monoisotopic (exact) mass is 540 g/mol. The van der Waals surface area contributed by atoms with Gasteiger partial charge in [0.25, 0.3) is 7.37 Å². The highest BCUT2D eigenvalue weighted by Crippen LogP contribution is 2.71. The molecular formula is C33H21N2O4P. The molecule has 1 unspecified atom stereocenters. The summed E-state index contributed by atoms with van der Waals surface area (Å²) in [6.45, 7) is 0. The maximum Gasteiger partial charge on any atom is 0.296 e. The van der Waals surface area contributed by atoms with Crippen LogP contribution < -0.4 is 9.83 Å². The zero-order valence-electron chi connectivity index (χ0n) is 21.1. The largest absolute Gasteiger partial charge is 0.438 e. The van der Waals surface area contributed by atoms with E-state index in [0.717, 1.165) is 16.7 Å². The Balaban J connectivity index is 1.76. The smallest absolute Gasteiger partial charge is 0.296 e. The van der Waals surface area contributed by atoms with Gasteiger partial charge in [0.05, 0.1) is 16.7 Å².